The Morgan fingerprint density at radius 3 is 2.21 bits per heavy atom. The first-order valence-corrected chi connectivity index (χ1v) is 5.27. The van der Waals surface area contributed by atoms with Crippen LogP contribution in [0.2, 0.25) is 0 Å². The summed E-state index contributed by atoms with van der Waals surface area (Å²) in [6.07, 6.45) is 0. The van der Waals surface area contributed by atoms with Crippen molar-refractivity contribution >= 4 is 5.69 Å². The van der Waals surface area contributed by atoms with Crippen molar-refractivity contribution < 1.29 is 22.6 Å². The molecule has 0 heterocycles. The van der Waals surface area contributed by atoms with E-state index in [1.54, 1.807) is 0 Å². The monoisotopic (exact) mass is 269 g/mol. The van der Waals surface area contributed by atoms with Crippen molar-refractivity contribution in [1.82, 2.24) is 0 Å². The highest BCUT2D eigenvalue weighted by Crippen LogP contribution is 2.34. The summed E-state index contributed by atoms with van der Waals surface area (Å²) in [5, 5.41) is 0. The van der Waals surface area contributed by atoms with Gasteiger partial charge < -0.3 is 15.2 Å². The number of ether oxygens (including phenoxy) is 2. The van der Waals surface area contributed by atoms with E-state index in [9.17, 15) is 13.2 Å². The van der Waals surface area contributed by atoms with Crippen molar-refractivity contribution in [2.45, 2.75) is 0 Å². The quantitative estimate of drug-likeness (QED) is 0.867. The molecule has 2 aromatic carbocycles. The standard InChI is InChI=1S/C13H10F3NO2/c1-18-12-6-13(10(17)5-9(12)16)19-11-3-2-7(14)4-8(11)15/h2-6H,17H2,1H3. The molecule has 0 saturated heterocycles. The largest absolute Gasteiger partial charge is 0.494 e. The summed E-state index contributed by atoms with van der Waals surface area (Å²) in [7, 11) is 1.27. The van der Waals surface area contributed by atoms with Gasteiger partial charge in [-0.15, -0.1) is 0 Å². The SMILES string of the molecule is COc1cc(Oc2ccc(F)cc2F)c(N)cc1F. The highest BCUT2D eigenvalue weighted by atomic mass is 19.1. The van der Waals surface area contributed by atoms with Crippen LogP contribution in [-0.2, 0) is 0 Å². The Balaban J connectivity index is 2.37. The van der Waals surface area contributed by atoms with Crippen LogP contribution in [0.3, 0.4) is 0 Å². The molecule has 100 valence electrons. The third-order valence-corrected chi connectivity index (χ3v) is 2.40. The summed E-state index contributed by atoms with van der Waals surface area (Å²) in [6, 6.07) is 5.00. The molecule has 0 bridgehead atoms. The van der Waals surface area contributed by atoms with Crippen LogP contribution in [-0.4, -0.2) is 7.11 Å². The van der Waals surface area contributed by atoms with E-state index in [0.717, 1.165) is 18.2 Å². The number of hydrogen-bond donors (Lipinski definition) is 1. The van der Waals surface area contributed by atoms with Crippen LogP contribution >= 0.6 is 0 Å². The van der Waals surface area contributed by atoms with E-state index in [1.807, 2.05) is 0 Å². The Morgan fingerprint density at radius 1 is 0.895 bits per heavy atom. The van der Waals surface area contributed by atoms with E-state index in [4.69, 9.17) is 15.2 Å². The van der Waals surface area contributed by atoms with Gasteiger partial charge >= 0.3 is 0 Å². The fraction of sp³-hybridized carbons (Fsp3) is 0.0769. The topological polar surface area (TPSA) is 44.5 Å². The zero-order valence-corrected chi connectivity index (χ0v) is 9.91. The van der Waals surface area contributed by atoms with E-state index < -0.39 is 17.5 Å². The molecule has 2 aromatic rings. The predicted octanol–water partition coefficient (Wildman–Crippen LogP) is 3.49. The molecule has 2 N–H and O–H groups in total. The maximum Gasteiger partial charge on any atom is 0.168 e. The summed E-state index contributed by atoms with van der Waals surface area (Å²) in [4.78, 5) is 0. The van der Waals surface area contributed by atoms with E-state index >= 15 is 0 Å². The molecular formula is C13H10F3NO2. The third-order valence-electron chi connectivity index (χ3n) is 2.40. The van der Waals surface area contributed by atoms with Gasteiger partial charge in [-0.3, -0.25) is 0 Å². The van der Waals surface area contributed by atoms with Crippen LogP contribution < -0.4 is 15.2 Å². The molecule has 2 rings (SSSR count). The Kier molecular flexibility index (Phi) is 3.50. The molecule has 6 heteroatoms. The van der Waals surface area contributed by atoms with Crippen LogP contribution in [0, 0.1) is 17.5 Å². The molecule has 0 atom stereocenters. The van der Waals surface area contributed by atoms with Crippen LogP contribution in [0.5, 0.6) is 17.2 Å². The molecule has 3 nitrogen and oxygen atoms in total. The van der Waals surface area contributed by atoms with E-state index in [1.165, 1.54) is 13.2 Å². The first-order chi connectivity index (χ1) is 9.01. The third kappa shape index (κ3) is 2.73. The van der Waals surface area contributed by atoms with Crippen molar-refractivity contribution in [3.63, 3.8) is 0 Å². The molecule has 19 heavy (non-hydrogen) atoms. The molecule has 0 fully saturated rings. The average Bonchev–Trinajstić information content (AvgIpc) is 2.35. The second kappa shape index (κ2) is 5.09. The van der Waals surface area contributed by atoms with Gasteiger partial charge in [0.05, 0.1) is 12.8 Å². The van der Waals surface area contributed by atoms with Gasteiger partial charge in [-0.25, -0.2) is 13.2 Å². The van der Waals surface area contributed by atoms with Gasteiger partial charge in [0.2, 0.25) is 0 Å². The maximum absolute atomic E-state index is 13.4. The predicted molar refractivity (Wildman–Crippen MR) is 63.8 cm³/mol. The number of anilines is 1. The summed E-state index contributed by atoms with van der Waals surface area (Å²) in [5.41, 5.74) is 5.53. The summed E-state index contributed by atoms with van der Waals surface area (Å²) in [6.45, 7) is 0. The molecular weight excluding hydrogens is 259 g/mol. The average molecular weight is 269 g/mol. The number of nitrogen functional groups attached to an aromatic ring is 1. The Morgan fingerprint density at radius 2 is 1.58 bits per heavy atom. The van der Waals surface area contributed by atoms with Crippen molar-refractivity contribution in [2.24, 2.45) is 0 Å². The van der Waals surface area contributed by atoms with Gasteiger partial charge in [0.1, 0.15) is 5.82 Å². The summed E-state index contributed by atoms with van der Waals surface area (Å²) in [5.74, 6) is -2.57. The number of hydrogen-bond acceptors (Lipinski definition) is 3. The minimum absolute atomic E-state index is 0.0174. The maximum atomic E-state index is 13.4. The fourth-order valence-electron chi connectivity index (χ4n) is 1.47. The molecule has 0 aromatic heterocycles. The van der Waals surface area contributed by atoms with Crippen LogP contribution in [0.15, 0.2) is 30.3 Å². The Bertz CT molecular complexity index is 617. The lowest BCUT2D eigenvalue weighted by atomic mass is 10.2. The molecule has 0 radical (unpaired) electrons. The fourth-order valence-corrected chi connectivity index (χ4v) is 1.47. The second-order valence-corrected chi connectivity index (χ2v) is 3.70. The minimum Gasteiger partial charge on any atom is -0.494 e. The normalized spacial score (nSPS) is 10.3. The molecule has 0 aliphatic carbocycles. The lowest BCUT2D eigenvalue weighted by Gasteiger charge is -2.11. The molecule has 0 aliphatic heterocycles. The van der Waals surface area contributed by atoms with Crippen molar-refractivity contribution in [2.75, 3.05) is 12.8 Å². The lowest BCUT2D eigenvalue weighted by Crippen LogP contribution is -1.97. The number of benzene rings is 2. The molecule has 0 saturated carbocycles. The molecule has 0 spiro atoms. The molecule has 0 unspecified atom stereocenters. The van der Waals surface area contributed by atoms with E-state index in [-0.39, 0.29) is 22.9 Å². The van der Waals surface area contributed by atoms with Gasteiger partial charge in [0, 0.05) is 18.2 Å². The zero-order chi connectivity index (χ0) is 14.0. The Hall–Kier alpha value is -2.37. The van der Waals surface area contributed by atoms with Crippen LogP contribution in [0.25, 0.3) is 0 Å². The number of nitrogens with two attached hydrogens (primary N) is 1. The van der Waals surface area contributed by atoms with Crippen LogP contribution in [0.1, 0.15) is 0 Å². The van der Waals surface area contributed by atoms with E-state index in [2.05, 4.69) is 0 Å². The number of methoxy groups -OCH3 is 1. The van der Waals surface area contributed by atoms with E-state index in [0.29, 0.717) is 6.07 Å². The Labute approximate surface area is 107 Å². The smallest absolute Gasteiger partial charge is 0.168 e. The number of rotatable bonds is 3. The van der Waals surface area contributed by atoms with Crippen molar-refractivity contribution in [3.8, 4) is 17.2 Å². The first-order valence-electron chi connectivity index (χ1n) is 5.27. The van der Waals surface area contributed by atoms with Gasteiger partial charge in [0.25, 0.3) is 0 Å². The number of halogens is 3. The van der Waals surface area contributed by atoms with Crippen molar-refractivity contribution in [1.29, 1.82) is 0 Å². The van der Waals surface area contributed by atoms with Gasteiger partial charge in [-0.1, -0.05) is 0 Å². The highest BCUT2D eigenvalue weighted by molar-refractivity contribution is 5.57. The second-order valence-electron chi connectivity index (χ2n) is 3.70. The zero-order valence-electron chi connectivity index (χ0n) is 9.91. The van der Waals surface area contributed by atoms with Gasteiger partial charge in [-0.05, 0) is 12.1 Å². The highest BCUT2D eigenvalue weighted by Gasteiger charge is 2.12. The van der Waals surface area contributed by atoms with Crippen molar-refractivity contribution in [3.05, 3.63) is 47.8 Å². The minimum atomic E-state index is -0.886. The summed E-state index contributed by atoms with van der Waals surface area (Å²) >= 11 is 0. The molecule has 0 amide bonds. The molecule has 0 aliphatic rings. The van der Waals surface area contributed by atoms with Crippen LogP contribution in [0.4, 0.5) is 18.9 Å². The van der Waals surface area contributed by atoms with Gasteiger partial charge in [0.15, 0.2) is 28.9 Å². The van der Waals surface area contributed by atoms with Gasteiger partial charge in [-0.2, -0.15) is 0 Å². The lowest BCUT2D eigenvalue weighted by molar-refractivity contribution is 0.380. The first kappa shape index (κ1) is 13.1. The summed E-state index contributed by atoms with van der Waals surface area (Å²) < 4.78 is 49.4.